The second kappa shape index (κ2) is 6.30. The van der Waals surface area contributed by atoms with Crippen molar-refractivity contribution in [2.75, 3.05) is 7.11 Å². The van der Waals surface area contributed by atoms with Gasteiger partial charge in [-0.3, -0.25) is 4.79 Å². The van der Waals surface area contributed by atoms with E-state index in [9.17, 15) is 9.59 Å². The Bertz CT molecular complexity index is 800. The van der Waals surface area contributed by atoms with Crippen LogP contribution in [0.2, 0.25) is 0 Å². The van der Waals surface area contributed by atoms with E-state index in [4.69, 9.17) is 9.15 Å². The number of methoxy groups -OCH3 is 1. The molecular weight excluding hydrogens is 306 g/mol. The molecule has 5 nitrogen and oxygen atoms in total. The zero-order valence-corrected chi connectivity index (χ0v) is 14.5. The molecule has 1 heterocycles. The third-order valence-electron chi connectivity index (χ3n) is 5.08. The fraction of sp³-hybridized carbons (Fsp3) is 0.474. The summed E-state index contributed by atoms with van der Waals surface area (Å²) in [6.45, 7) is 5.89. The van der Waals surface area contributed by atoms with E-state index >= 15 is 0 Å². The standard InChI is InChI=1S/C19H23NO4/c1-5-15-12(3)17(21)11(2)10-16-18(15)24-19(22)20(16)13-6-8-14(23-4)9-7-13/h6-9,11-12,15H,5,10H2,1-4H3/t11-,12+,15-/m0/s1. The average Bonchev–Trinajstić information content (AvgIpc) is 2.86. The maximum Gasteiger partial charge on any atom is 0.424 e. The quantitative estimate of drug-likeness (QED) is 0.810. The predicted molar refractivity (Wildman–Crippen MR) is 90.9 cm³/mol. The Hall–Kier alpha value is -2.30. The Morgan fingerprint density at radius 2 is 1.88 bits per heavy atom. The van der Waals surface area contributed by atoms with Crippen LogP contribution < -0.4 is 10.5 Å². The van der Waals surface area contributed by atoms with E-state index in [0.29, 0.717) is 12.2 Å². The summed E-state index contributed by atoms with van der Waals surface area (Å²) in [5, 5.41) is 0. The second-order valence-electron chi connectivity index (χ2n) is 6.52. The van der Waals surface area contributed by atoms with Gasteiger partial charge in [-0.05, 0) is 30.7 Å². The highest BCUT2D eigenvalue weighted by Gasteiger charge is 2.37. The molecule has 2 aromatic rings. The summed E-state index contributed by atoms with van der Waals surface area (Å²) >= 11 is 0. The molecular formula is C19H23NO4. The van der Waals surface area contributed by atoms with E-state index < -0.39 is 5.76 Å². The van der Waals surface area contributed by atoms with E-state index in [2.05, 4.69) is 0 Å². The van der Waals surface area contributed by atoms with Gasteiger partial charge in [0, 0.05) is 24.2 Å². The van der Waals surface area contributed by atoms with Gasteiger partial charge in [-0.1, -0.05) is 20.8 Å². The van der Waals surface area contributed by atoms with Gasteiger partial charge in [-0.25, -0.2) is 9.36 Å². The molecule has 3 rings (SSSR count). The second-order valence-corrected chi connectivity index (χ2v) is 6.52. The van der Waals surface area contributed by atoms with Gasteiger partial charge in [0.15, 0.2) is 0 Å². The number of fused-ring (bicyclic) bond motifs is 1. The van der Waals surface area contributed by atoms with E-state index in [1.54, 1.807) is 11.7 Å². The van der Waals surface area contributed by atoms with E-state index in [1.165, 1.54) is 0 Å². The molecule has 0 saturated heterocycles. The number of oxazole rings is 1. The molecule has 128 valence electrons. The molecule has 0 saturated carbocycles. The fourth-order valence-electron chi connectivity index (χ4n) is 3.70. The van der Waals surface area contributed by atoms with Gasteiger partial charge in [0.2, 0.25) is 0 Å². The molecule has 0 bridgehead atoms. The first-order chi connectivity index (χ1) is 11.5. The van der Waals surface area contributed by atoms with Crippen molar-refractivity contribution in [2.24, 2.45) is 11.8 Å². The van der Waals surface area contributed by atoms with Crippen molar-refractivity contribution in [1.82, 2.24) is 4.57 Å². The molecule has 5 heteroatoms. The van der Waals surface area contributed by atoms with Crippen LogP contribution in [0, 0.1) is 11.8 Å². The Labute approximate surface area is 141 Å². The van der Waals surface area contributed by atoms with Crippen molar-refractivity contribution in [3.05, 3.63) is 46.3 Å². The average molecular weight is 329 g/mol. The normalized spacial score (nSPS) is 23.7. The molecule has 0 fully saturated rings. The lowest BCUT2D eigenvalue weighted by Gasteiger charge is -2.18. The molecule has 0 unspecified atom stereocenters. The molecule has 3 atom stereocenters. The SMILES string of the molecule is CC[C@@H]1c2oc(=O)n(-c3ccc(OC)cc3)c2C[C@H](C)C(=O)[C@@H]1C. The van der Waals surface area contributed by atoms with Gasteiger partial charge in [-0.2, -0.15) is 0 Å². The van der Waals surface area contributed by atoms with E-state index in [1.807, 2.05) is 45.0 Å². The molecule has 0 spiro atoms. The van der Waals surface area contributed by atoms with Gasteiger partial charge in [-0.15, -0.1) is 0 Å². The maximum atomic E-state index is 12.6. The van der Waals surface area contributed by atoms with Gasteiger partial charge in [0.25, 0.3) is 0 Å². The van der Waals surface area contributed by atoms with Gasteiger partial charge in [0.1, 0.15) is 17.3 Å². The van der Waals surface area contributed by atoms with Crippen LogP contribution in [0.15, 0.2) is 33.5 Å². The van der Waals surface area contributed by atoms with Crippen LogP contribution in [0.4, 0.5) is 0 Å². The molecule has 0 aliphatic heterocycles. The number of ketones is 1. The number of ether oxygens (including phenoxy) is 1. The number of aromatic nitrogens is 1. The summed E-state index contributed by atoms with van der Waals surface area (Å²) in [7, 11) is 1.60. The third-order valence-corrected chi connectivity index (χ3v) is 5.08. The fourth-order valence-corrected chi connectivity index (χ4v) is 3.70. The first-order valence-corrected chi connectivity index (χ1v) is 8.40. The molecule has 1 aromatic heterocycles. The smallest absolute Gasteiger partial charge is 0.424 e. The predicted octanol–water partition coefficient (Wildman–Crippen LogP) is 3.33. The van der Waals surface area contributed by atoms with Crippen molar-refractivity contribution >= 4 is 5.78 Å². The van der Waals surface area contributed by atoms with Crippen LogP contribution in [0.3, 0.4) is 0 Å². The number of rotatable bonds is 3. The van der Waals surface area contributed by atoms with Crippen molar-refractivity contribution in [3.8, 4) is 11.4 Å². The largest absolute Gasteiger partial charge is 0.497 e. The highest BCUT2D eigenvalue weighted by molar-refractivity contribution is 5.84. The van der Waals surface area contributed by atoms with Crippen molar-refractivity contribution in [1.29, 1.82) is 0 Å². The molecule has 1 aliphatic carbocycles. The summed E-state index contributed by atoms with van der Waals surface area (Å²) in [6.07, 6.45) is 1.29. The lowest BCUT2D eigenvalue weighted by atomic mass is 9.85. The lowest BCUT2D eigenvalue weighted by Crippen LogP contribution is -2.24. The number of carbonyl (C=O) groups excluding carboxylic acids is 1. The minimum Gasteiger partial charge on any atom is -0.497 e. The van der Waals surface area contributed by atoms with Gasteiger partial charge < -0.3 is 9.15 Å². The molecule has 1 aliphatic rings. The van der Waals surface area contributed by atoms with Gasteiger partial charge in [0.05, 0.1) is 18.5 Å². The zero-order chi connectivity index (χ0) is 17.4. The molecule has 0 amide bonds. The van der Waals surface area contributed by atoms with Crippen molar-refractivity contribution in [3.63, 3.8) is 0 Å². The molecule has 24 heavy (non-hydrogen) atoms. The van der Waals surface area contributed by atoms with E-state index in [0.717, 1.165) is 23.6 Å². The minimum absolute atomic E-state index is 0.0513. The first-order valence-electron chi connectivity index (χ1n) is 8.40. The Morgan fingerprint density at radius 3 is 2.46 bits per heavy atom. The number of hydrogen-bond acceptors (Lipinski definition) is 4. The number of hydrogen-bond donors (Lipinski definition) is 0. The summed E-state index contributed by atoms with van der Waals surface area (Å²) in [4.78, 5) is 25.1. The highest BCUT2D eigenvalue weighted by atomic mass is 16.5. The van der Waals surface area contributed by atoms with Crippen molar-refractivity contribution < 1.29 is 13.9 Å². The molecule has 1 aromatic carbocycles. The molecule has 0 N–H and O–H groups in total. The van der Waals surface area contributed by atoms with Crippen LogP contribution in [0.25, 0.3) is 5.69 Å². The monoisotopic (exact) mass is 329 g/mol. The summed E-state index contributed by atoms with van der Waals surface area (Å²) in [6, 6.07) is 7.29. The molecule has 0 radical (unpaired) electrons. The van der Waals surface area contributed by atoms with Crippen LogP contribution in [-0.2, 0) is 11.2 Å². The number of benzene rings is 1. The van der Waals surface area contributed by atoms with Crippen LogP contribution >= 0.6 is 0 Å². The Balaban J connectivity index is 2.17. The third kappa shape index (κ3) is 2.58. The highest BCUT2D eigenvalue weighted by Crippen LogP contribution is 2.37. The first kappa shape index (κ1) is 16.6. The lowest BCUT2D eigenvalue weighted by molar-refractivity contribution is -0.126. The topological polar surface area (TPSA) is 61.4 Å². The number of Topliss-reactive ketones (excluding diaryl/α,β-unsaturated/α-hetero) is 1. The van der Waals surface area contributed by atoms with Gasteiger partial charge >= 0.3 is 5.76 Å². The van der Waals surface area contributed by atoms with Crippen LogP contribution in [-0.4, -0.2) is 17.5 Å². The maximum absolute atomic E-state index is 12.6. The zero-order valence-electron chi connectivity index (χ0n) is 14.5. The number of nitrogens with zero attached hydrogens (tertiary/aromatic N) is 1. The summed E-state index contributed by atoms with van der Waals surface area (Å²) < 4.78 is 12.4. The summed E-state index contributed by atoms with van der Waals surface area (Å²) in [5.74, 6) is 0.926. The Morgan fingerprint density at radius 1 is 1.21 bits per heavy atom. The van der Waals surface area contributed by atoms with Crippen molar-refractivity contribution in [2.45, 2.75) is 39.5 Å². The summed E-state index contributed by atoms with van der Waals surface area (Å²) in [5.41, 5.74) is 1.55. The number of carbonyl (C=O) groups is 1. The van der Waals surface area contributed by atoms with E-state index in [-0.39, 0.29) is 23.5 Å². The Kier molecular flexibility index (Phi) is 4.35. The van der Waals surface area contributed by atoms with Crippen LogP contribution in [0.1, 0.15) is 44.6 Å². The van der Waals surface area contributed by atoms with Crippen LogP contribution in [0.5, 0.6) is 5.75 Å². The minimum atomic E-state index is -0.391.